The van der Waals surface area contributed by atoms with Crippen LogP contribution in [0.2, 0.25) is 0 Å². The van der Waals surface area contributed by atoms with Gasteiger partial charge in [-0.25, -0.2) is 4.79 Å². The zero-order chi connectivity index (χ0) is 13.8. The summed E-state index contributed by atoms with van der Waals surface area (Å²) in [6, 6.07) is 3.15. The molecule has 19 heavy (non-hydrogen) atoms. The molecule has 0 amide bonds. The lowest BCUT2D eigenvalue weighted by atomic mass is 10.1. The number of hydrogen-bond donors (Lipinski definition) is 0. The average molecular weight is 329 g/mol. The van der Waals surface area contributed by atoms with Crippen LogP contribution in [-0.4, -0.2) is 31.6 Å². The standard InChI is InChI=1S/C13H13BrO5/c1-2-17-13(16)11(15)8-4-5-9-12(10(8)14)19-7-3-6-18-9/h4-5H,2-3,6-7H2,1H3. The lowest BCUT2D eigenvalue weighted by Gasteiger charge is -2.11. The fourth-order valence-corrected chi connectivity index (χ4v) is 2.31. The van der Waals surface area contributed by atoms with Gasteiger partial charge in [0.05, 0.1) is 24.3 Å². The number of rotatable bonds is 3. The molecule has 0 aliphatic carbocycles. The van der Waals surface area contributed by atoms with E-state index >= 15 is 0 Å². The minimum absolute atomic E-state index is 0.159. The van der Waals surface area contributed by atoms with Crippen LogP contribution in [-0.2, 0) is 9.53 Å². The summed E-state index contributed by atoms with van der Waals surface area (Å²) in [5.41, 5.74) is 0.211. The van der Waals surface area contributed by atoms with Gasteiger partial charge in [0.1, 0.15) is 0 Å². The van der Waals surface area contributed by atoms with Crippen LogP contribution in [0.3, 0.4) is 0 Å². The van der Waals surface area contributed by atoms with Crippen molar-refractivity contribution >= 4 is 27.7 Å². The third kappa shape index (κ3) is 2.89. The fraction of sp³-hybridized carbons (Fsp3) is 0.385. The first-order valence-corrected chi connectivity index (χ1v) is 6.74. The van der Waals surface area contributed by atoms with Gasteiger partial charge in [-0.05, 0) is 35.0 Å². The highest BCUT2D eigenvalue weighted by Crippen LogP contribution is 2.39. The van der Waals surface area contributed by atoms with Crippen LogP contribution >= 0.6 is 15.9 Å². The number of carbonyl (C=O) groups excluding carboxylic acids is 2. The summed E-state index contributed by atoms with van der Waals surface area (Å²) in [6.45, 7) is 2.87. The predicted octanol–water partition coefficient (Wildman–Crippen LogP) is 2.36. The molecule has 0 aromatic heterocycles. The van der Waals surface area contributed by atoms with Crippen LogP contribution in [0, 0.1) is 0 Å². The molecule has 1 aromatic carbocycles. The summed E-state index contributed by atoms with van der Waals surface area (Å²) >= 11 is 3.29. The molecule has 0 radical (unpaired) electrons. The van der Waals surface area contributed by atoms with Crippen molar-refractivity contribution in [1.82, 2.24) is 0 Å². The third-order valence-electron chi connectivity index (χ3n) is 2.56. The summed E-state index contributed by atoms with van der Waals surface area (Å²) in [5.74, 6) is -0.570. The van der Waals surface area contributed by atoms with E-state index in [-0.39, 0.29) is 12.2 Å². The van der Waals surface area contributed by atoms with E-state index < -0.39 is 11.8 Å². The highest BCUT2D eigenvalue weighted by molar-refractivity contribution is 9.10. The Bertz CT molecular complexity index is 512. The van der Waals surface area contributed by atoms with Crippen molar-refractivity contribution in [1.29, 1.82) is 0 Å². The van der Waals surface area contributed by atoms with Crippen molar-refractivity contribution in [3.63, 3.8) is 0 Å². The molecule has 5 nitrogen and oxygen atoms in total. The van der Waals surface area contributed by atoms with Crippen molar-refractivity contribution in [3.05, 3.63) is 22.2 Å². The molecule has 0 saturated heterocycles. The van der Waals surface area contributed by atoms with E-state index in [2.05, 4.69) is 15.9 Å². The molecule has 0 fully saturated rings. The van der Waals surface area contributed by atoms with Gasteiger partial charge in [0, 0.05) is 12.0 Å². The first-order chi connectivity index (χ1) is 9.15. The van der Waals surface area contributed by atoms with Crippen LogP contribution in [0.4, 0.5) is 0 Å². The average Bonchev–Trinajstić information content (AvgIpc) is 2.64. The van der Waals surface area contributed by atoms with Crippen LogP contribution < -0.4 is 9.47 Å². The second-order valence-corrected chi connectivity index (χ2v) is 4.65. The van der Waals surface area contributed by atoms with Crippen molar-refractivity contribution in [3.8, 4) is 11.5 Å². The third-order valence-corrected chi connectivity index (χ3v) is 3.35. The number of esters is 1. The first-order valence-electron chi connectivity index (χ1n) is 5.94. The van der Waals surface area contributed by atoms with Crippen molar-refractivity contribution in [2.24, 2.45) is 0 Å². The second-order valence-electron chi connectivity index (χ2n) is 3.85. The highest BCUT2D eigenvalue weighted by Gasteiger charge is 2.25. The van der Waals surface area contributed by atoms with Gasteiger partial charge in [-0.1, -0.05) is 0 Å². The molecule has 0 N–H and O–H groups in total. The van der Waals surface area contributed by atoms with Crippen molar-refractivity contribution in [2.75, 3.05) is 19.8 Å². The minimum atomic E-state index is -0.877. The first kappa shape index (κ1) is 13.9. The molecule has 1 heterocycles. The minimum Gasteiger partial charge on any atom is -0.490 e. The Hall–Kier alpha value is -1.56. The SMILES string of the molecule is CCOC(=O)C(=O)c1ccc2c(c1Br)OCCCO2. The van der Waals surface area contributed by atoms with Gasteiger partial charge in [0.15, 0.2) is 11.5 Å². The molecule has 2 rings (SSSR count). The summed E-state index contributed by atoms with van der Waals surface area (Å²) < 4.78 is 16.1. The van der Waals surface area contributed by atoms with Gasteiger partial charge in [-0.2, -0.15) is 0 Å². The molecular formula is C13H13BrO5. The Morgan fingerprint density at radius 3 is 2.79 bits per heavy atom. The van der Waals surface area contributed by atoms with Gasteiger partial charge in [-0.15, -0.1) is 0 Å². The molecule has 102 valence electrons. The number of carbonyl (C=O) groups is 2. The smallest absolute Gasteiger partial charge is 0.379 e. The summed E-state index contributed by atoms with van der Waals surface area (Å²) in [5, 5.41) is 0. The number of fused-ring (bicyclic) bond motifs is 1. The normalized spacial score (nSPS) is 13.6. The zero-order valence-corrected chi connectivity index (χ0v) is 12.0. The Morgan fingerprint density at radius 2 is 2.05 bits per heavy atom. The number of benzene rings is 1. The number of ether oxygens (including phenoxy) is 3. The monoisotopic (exact) mass is 328 g/mol. The van der Waals surface area contributed by atoms with Gasteiger partial charge in [-0.3, -0.25) is 4.79 Å². The van der Waals surface area contributed by atoms with Crippen LogP contribution in [0.15, 0.2) is 16.6 Å². The molecule has 0 saturated carbocycles. The Morgan fingerprint density at radius 1 is 1.32 bits per heavy atom. The highest BCUT2D eigenvalue weighted by atomic mass is 79.9. The van der Waals surface area contributed by atoms with E-state index in [0.717, 1.165) is 6.42 Å². The molecule has 0 spiro atoms. The lowest BCUT2D eigenvalue weighted by Crippen LogP contribution is -2.18. The van der Waals surface area contributed by atoms with Gasteiger partial charge < -0.3 is 14.2 Å². The quantitative estimate of drug-likeness (QED) is 0.484. The van der Waals surface area contributed by atoms with E-state index in [1.54, 1.807) is 13.0 Å². The predicted molar refractivity (Wildman–Crippen MR) is 70.7 cm³/mol. The Kier molecular flexibility index (Phi) is 4.42. The van der Waals surface area contributed by atoms with Gasteiger partial charge in [0.25, 0.3) is 5.78 Å². The Labute approximate surface area is 119 Å². The molecular weight excluding hydrogens is 316 g/mol. The van der Waals surface area contributed by atoms with Crippen LogP contribution in [0.5, 0.6) is 11.5 Å². The van der Waals surface area contributed by atoms with Crippen LogP contribution in [0.25, 0.3) is 0 Å². The number of ketones is 1. The molecule has 1 aliphatic heterocycles. The van der Waals surface area contributed by atoms with Crippen LogP contribution in [0.1, 0.15) is 23.7 Å². The van der Waals surface area contributed by atoms with E-state index in [1.165, 1.54) is 6.07 Å². The summed E-state index contributed by atoms with van der Waals surface area (Å²) in [7, 11) is 0. The second kappa shape index (κ2) is 6.06. The fourth-order valence-electron chi connectivity index (χ4n) is 1.68. The molecule has 6 heteroatoms. The van der Waals surface area contributed by atoms with Crippen molar-refractivity contribution < 1.29 is 23.8 Å². The lowest BCUT2D eigenvalue weighted by molar-refractivity contribution is -0.137. The maximum Gasteiger partial charge on any atom is 0.379 e. The van der Waals surface area contributed by atoms with Gasteiger partial charge >= 0.3 is 5.97 Å². The summed E-state index contributed by atoms with van der Waals surface area (Å²) in [6.07, 6.45) is 0.766. The number of halogens is 1. The zero-order valence-electron chi connectivity index (χ0n) is 10.4. The largest absolute Gasteiger partial charge is 0.490 e. The Balaban J connectivity index is 2.35. The van der Waals surface area contributed by atoms with E-state index in [0.29, 0.717) is 29.2 Å². The number of Topliss-reactive ketones (excluding diaryl/α,β-unsaturated/α-hetero) is 1. The topological polar surface area (TPSA) is 61.8 Å². The molecule has 1 aliphatic rings. The number of hydrogen-bond acceptors (Lipinski definition) is 5. The van der Waals surface area contributed by atoms with E-state index in [1.807, 2.05) is 0 Å². The van der Waals surface area contributed by atoms with E-state index in [4.69, 9.17) is 14.2 Å². The maximum absolute atomic E-state index is 11.9. The molecule has 1 aromatic rings. The molecule has 0 atom stereocenters. The van der Waals surface area contributed by atoms with E-state index in [9.17, 15) is 9.59 Å². The van der Waals surface area contributed by atoms with Gasteiger partial charge in [0.2, 0.25) is 0 Å². The molecule has 0 unspecified atom stereocenters. The summed E-state index contributed by atoms with van der Waals surface area (Å²) in [4.78, 5) is 23.4. The molecule has 0 bridgehead atoms. The maximum atomic E-state index is 11.9. The van der Waals surface area contributed by atoms with Crippen molar-refractivity contribution in [2.45, 2.75) is 13.3 Å².